The van der Waals surface area contributed by atoms with E-state index >= 15 is 0 Å². The van der Waals surface area contributed by atoms with E-state index in [0.29, 0.717) is 19.2 Å². The smallest absolute Gasteiger partial charge is 0.363 e. The second-order valence-corrected chi connectivity index (χ2v) is 7.46. The van der Waals surface area contributed by atoms with Gasteiger partial charge in [-0.1, -0.05) is 69.4 Å². The molecule has 0 aliphatic rings. The van der Waals surface area contributed by atoms with Crippen LogP contribution >= 0.6 is 8.03 Å². The monoisotopic (exact) mass is 353 g/mol. The Balaban J connectivity index is 2.63. The molecular weight excluding hydrogens is 323 g/mol. The van der Waals surface area contributed by atoms with Crippen molar-refractivity contribution in [2.24, 2.45) is 0 Å². The third-order valence-electron chi connectivity index (χ3n) is 4.18. The first-order valence-electron chi connectivity index (χ1n) is 8.83. The fourth-order valence-corrected chi connectivity index (χ4v) is 3.36. The molecule has 5 heteroatoms. The number of aldehydes is 1. The number of rotatable bonds is 14. The summed E-state index contributed by atoms with van der Waals surface area (Å²) in [6.45, 7) is 2.73. The predicted octanol–water partition coefficient (Wildman–Crippen LogP) is 5.24. The van der Waals surface area contributed by atoms with Crippen LogP contribution in [0.1, 0.15) is 57.4 Å². The molecule has 134 valence electrons. The normalized spacial score (nSPS) is 14.2. The number of benzene rings is 1. The SMILES string of the molecule is CCCCCCCCOC(C=O)(CC[P+](=O)OC)c1ccccc1. The van der Waals surface area contributed by atoms with Crippen molar-refractivity contribution in [1.29, 1.82) is 0 Å². The quantitative estimate of drug-likeness (QED) is 0.261. The highest BCUT2D eigenvalue weighted by molar-refractivity contribution is 7.39. The zero-order chi connectivity index (χ0) is 17.7. The van der Waals surface area contributed by atoms with Crippen LogP contribution in [0.4, 0.5) is 0 Å². The molecule has 0 aliphatic carbocycles. The molecule has 1 aromatic rings. The van der Waals surface area contributed by atoms with E-state index in [1.54, 1.807) is 0 Å². The van der Waals surface area contributed by atoms with Gasteiger partial charge >= 0.3 is 8.03 Å². The molecule has 0 saturated carbocycles. The van der Waals surface area contributed by atoms with Crippen LogP contribution in [0.5, 0.6) is 0 Å². The Bertz CT molecular complexity index is 478. The summed E-state index contributed by atoms with van der Waals surface area (Å²) in [4.78, 5) is 11.9. The number of carbonyl (C=O) groups is 1. The van der Waals surface area contributed by atoms with Gasteiger partial charge in [0.25, 0.3) is 0 Å². The first-order valence-corrected chi connectivity index (χ1v) is 10.2. The molecule has 24 heavy (non-hydrogen) atoms. The predicted molar refractivity (Wildman–Crippen MR) is 97.6 cm³/mol. The molecule has 0 aliphatic heterocycles. The van der Waals surface area contributed by atoms with Crippen molar-refractivity contribution >= 4 is 14.3 Å². The molecule has 0 N–H and O–H groups in total. The van der Waals surface area contributed by atoms with E-state index in [9.17, 15) is 9.36 Å². The van der Waals surface area contributed by atoms with Crippen LogP contribution in [0, 0.1) is 0 Å². The van der Waals surface area contributed by atoms with Crippen molar-refractivity contribution in [1.82, 2.24) is 0 Å². The topological polar surface area (TPSA) is 52.6 Å². The van der Waals surface area contributed by atoms with Crippen LogP contribution in [0.3, 0.4) is 0 Å². The second kappa shape index (κ2) is 12.3. The van der Waals surface area contributed by atoms with Gasteiger partial charge in [-0.2, -0.15) is 0 Å². The van der Waals surface area contributed by atoms with Crippen LogP contribution in [0.15, 0.2) is 30.3 Å². The van der Waals surface area contributed by atoms with E-state index in [-0.39, 0.29) is 0 Å². The molecule has 0 heterocycles. The Kier molecular flexibility index (Phi) is 10.7. The maximum Gasteiger partial charge on any atom is 0.507 e. The molecule has 0 fully saturated rings. The van der Waals surface area contributed by atoms with Crippen LogP contribution in [0.2, 0.25) is 0 Å². The highest BCUT2D eigenvalue weighted by atomic mass is 31.1. The Hall–Kier alpha value is -1.09. The van der Waals surface area contributed by atoms with Gasteiger partial charge in [0, 0.05) is 13.0 Å². The van der Waals surface area contributed by atoms with E-state index < -0.39 is 13.6 Å². The van der Waals surface area contributed by atoms with E-state index in [1.165, 1.54) is 32.8 Å². The summed E-state index contributed by atoms with van der Waals surface area (Å²) in [5.74, 6) is 0. The van der Waals surface area contributed by atoms with Crippen molar-refractivity contribution in [3.63, 3.8) is 0 Å². The Labute approximate surface area is 146 Å². The van der Waals surface area contributed by atoms with Crippen LogP contribution in [-0.2, 0) is 24.2 Å². The van der Waals surface area contributed by atoms with Crippen LogP contribution < -0.4 is 0 Å². The molecule has 0 radical (unpaired) electrons. The van der Waals surface area contributed by atoms with Gasteiger partial charge in [-0.25, -0.2) is 0 Å². The lowest BCUT2D eigenvalue weighted by atomic mass is 9.92. The van der Waals surface area contributed by atoms with Gasteiger partial charge in [0.05, 0.1) is 7.11 Å². The van der Waals surface area contributed by atoms with Gasteiger partial charge in [0.15, 0.2) is 18.0 Å². The van der Waals surface area contributed by atoms with Crippen LogP contribution in [-0.4, -0.2) is 26.2 Å². The van der Waals surface area contributed by atoms with E-state index in [4.69, 9.17) is 9.26 Å². The molecule has 1 rings (SSSR count). The molecule has 0 amide bonds. The third kappa shape index (κ3) is 7.21. The Morgan fingerprint density at radius 2 is 1.75 bits per heavy atom. The summed E-state index contributed by atoms with van der Waals surface area (Å²) >= 11 is 0. The maximum absolute atomic E-state index is 11.9. The summed E-state index contributed by atoms with van der Waals surface area (Å²) in [5.41, 5.74) is -0.223. The first kappa shape index (κ1) is 21.0. The summed E-state index contributed by atoms with van der Waals surface area (Å²) in [6, 6.07) is 9.45. The van der Waals surface area contributed by atoms with Crippen molar-refractivity contribution in [2.75, 3.05) is 19.9 Å². The molecule has 2 atom stereocenters. The average Bonchev–Trinajstić information content (AvgIpc) is 2.64. The van der Waals surface area contributed by atoms with Gasteiger partial charge in [-0.15, -0.1) is 4.52 Å². The number of hydrogen-bond donors (Lipinski definition) is 0. The van der Waals surface area contributed by atoms with Gasteiger partial charge in [0.2, 0.25) is 0 Å². The van der Waals surface area contributed by atoms with Gasteiger partial charge in [-0.05, 0) is 16.5 Å². The Morgan fingerprint density at radius 3 is 2.38 bits per heavy atom. The van der Waals surface area contributed by atoms with Crippen molar-refractivity contribution < 1.29 is 18.6 Å². The second-order valence-electron chi connectivity index (χ2n) is 5.98. The minimum Gasteiger partial charge on any atom is -0.363 e. The van der Waals surface area contributed by atoms with Crippen molar-refractivity contribution in [3.8, 4) is 0 Å². The molecular formula is C19H30O4P+. The number of carbonyl (C=O) groups excluding carboxylic acids is 1. The minimum absolute atomic E-state index is 0.302. The lowest BCUT2D eigenvalue weighted by Crippen LogP contribution is -2.33. The summed E-state index contributed by atoms with van der Waals surface area (Å²) < 4.78 is 22.5. The maximum atomic E-state index is 11.9. The summed E-state index contributed by atoms with van der Waals surface area (Å²) in [5, 5.41) is 0. The molecule has 0 bridgehead atoms. The number of unbranched alkanes of at least 4 members (excludes halogenated alkanes) is 5. The van der Waals surface area contributed by atoms with E-state index in [1.807, 2.05) is 30.3 Å². The highest BCUT2D eigenvalue weighted by Crippen LogP contribution is 2.33. The largest absolute Gasteiger partial charge is 0.507 e. The first-order chi connectivity index (χ1) is 11.7. The lowest BCUT2D eigenvalue weighted by Gasteiger charge is -2.27. The van der Waals surface area contributed by atoms with Crippen molar-refractivity contribution in [2.45, 2.75) is 57.5 Å². The van der Waals surface area contributed by atoms with Gasteiger partial charge < -0.3 is 4.74 Å². The van der Waals surface area contributed by atoms with E-state index in [0.717, 1.165) is 24.7 Å². The molecule has 0 spiro atoms. The molecule has 4 nitrogen and oxygen atoms in total. The zero-order valence-electron chi connectivity index (χ0n) is 14.9. The standard InChI is InChI=1S/C19H30O4P/c1-3-4-5-6-7-11-15-23-19(17-20,14-16-24(21)22-2)18-12-9-8-10-13-18/h8-10,12-13,17H,3-7,11,14-16H2,1-2H3/q+1. The molecule has 1 aromatic carbocycles. The molecule has 0 aromatic heterocycles. The lowest BCUT2D eigenvalue weighted by molar-refractivity contribution is -0.133. The minimum atomic E-state index is -1.76. The average molecular weight is 353 g/mol. The van der Waals surface area contributed by atoms with Crippen LogP contribution in [0.25, 0.3) is 0 Å². The fraction of sp³-hybridized carbons (Fsp3) is 0.632. The molecule has 0 saturated heterocycles. The molecule has 2 unspecified atom stereocenters. The number of hydrogen-bond acceptors (Lipinski definition) is 4. The third-order valence-corrected chi connectivity index (χ3v) is 5.18. The fourth-order valence-electron chi connectivity index (χ4n) is 2.67. The van der Waals surface area contributed by atoms with Gasteiger partial charge in [0.1, 0.15) is 0 Å². The van der Waals surface area contributed by atoms with E-state index in [2.05, 4.69) is 6.92 Å². The zero-order valence-corrected chi connectivity index (χ0v) is 15.8. The highest BCUT2D eigenvalue weighted by Gasteiger charge is 2.36. The number of ether oxygens (including phenoxy) is 1. The summed E-state index contributed by atoms with van der Waals surface area (Å²) in [7, 11) is -0.339. The van der Waals surface area contributed by atoms with Gasteiger partial charge in [-0.3, -0.25) is 4.79 Å². The summed E-state index contributed by atoms with van der Waals surface area (Å²) in [6.07, 6.45) is 8.50. The van der Waals surface area contributed by atoms with Crippen molar-refractivity contribution in [3.05, 3.63) is 35.9 Å². The Morgan fingerprint density at radius 1 is 1.08 bits per heavy atom.